The molecule has 13 nitrogen and oxygen atoms in total. The highest BCUT2D eigenvalue weighted by Crippen LogP contribution is 2.33. The molecule has 0 spiro atoms. The minimum absolute atomic E-state index is 0. The lowest BCUT2D eigenvalue weighted by Crippen LogP contribution is -2.44. The summed E-state index contributed by atoms with van der Waals surface area (Å²) >= 11 is 0. The number of benzene rings is 2. The van der Waals surface area contributed by atoms with Crippen molar-refractivity contribution in [2.24, 2.45) is 0 Å². The Kier molecular flexibility index (Phi) is 13.3. The number of hydrogen-bond donors (Lipinski definition) is 3. The SMILES string of the molecule is C.Cc1cccnc1/C=C/C(=O)/C=C/c1nc2c(N3CCN(C)CC3)cccc2[nH]1.Cc1cccnc1C1CC(=O)CC(c2nc3c(N4CCN(C)CC4)cccc3[nH]2)N1. The van der Waals surface area contributed by atoms with Crippen molar-refractivity contribution in [1.82, 2.24) is 45.0 Å². The average Bonchev–Trinajstić information content (AvgIpc) is 3.88. The first-order valence-electron chi connectivity index (χ1n) is 20.5. The van der Waals surface area contributed by atoms with Gasteiger partial charge in [0.2, 0.25) is 0 Å². The number of nitrogens with one attached hydrogen (secondary N) is 3. The van der Waals surface area contributed by atoms with Crippen molar-refractivity contribution < 1.29 is 9.59 Å². The Hall–Kier alpha value is -6.02. The van der Waals surface area contributed by atoms with Crippen LogP contribution in [0.3, 0.4) is 0 Å². The van der Waals surface area contributed by atoms with Crippen LogP contribution in [0.1, 0.15) is 66.5 Å². The number of rotatable bonds is 8. The number of Topliss-reactive ketones (excluding diaryl/α,β-unsaturated/α-hetero) is 1. The molecule has 0 amide bonds. The zero-order valence-electron chi connectivity index (χ0n) is 34.4. The van der Waals surface area contributed by atoms with Gasteiger partial charge in [-0.15, -0.1) is 0 Å². The highest BCUT2D eigenvalue weighted by atomic mass is 16.1. The van der Waals surface area contributed by atoms with Gasteiger partial charge in [-0.2, -0.15) is 0 Å². The monoisotopic (exact) mass is 807 g/mol. The summed E-state index contributed by atoms with van der Waals surface area (Å²) in [6, 6.07) is 20.1. The molecule has 2 aromatic carbocycles. The van der Waals surface area contributed by atoms with E-state index in [4.69, 9.17) is 9.97 Å². The molecule has 3 aliphatic heterocycles. The standard InChI is InChI=1S/C23H28N6O.C23H25N5O.CH4/c1-15-5-4-8-24-21(15)18-13-16(30)14-19(25-18)23-26-17-6-3-7-20(22(17)27-23)29-11-9-28(2)10-12-29;1-17-5-4-12-24-19(17)10-8-18(29)9-11-22-25-20-6-3-7-21(23(20)26-22)28-15-13-27(2)14-16-28;/h3-8,18-19,25H,9-14H2,1-2H3,(H,26,27);3-12H,13-16H2,1-2H3,(H,25,26);1H4/b;10-8+,11-9+;. The Bertz CT molecular complexity index is 2490. The van der Waals surface area contributed by atoms with E-state index in [1.54, 1.807) is 24.5 Å². The Morgan fingerprint density at radius 1 is 0.667 bits per heavy atom. The number of aromatic amines is 2. The van der Waals surface area contributed by atoms with Gasteiger partial charge in [0.25, 0.3) is 0 Å². The van der Waals surface area contributed by atoms with Crippen LogP contribution in [-0.4, -0.2) is 118 Å². The Morgan fingerprint density at radius 3 is 1.87 bits per heavy atom. The smallest absolute Gasteiger partial charge is 0.178 e. The highest BCUT2D eigenvalue weighted by molar-refractivity contribution is 6.04. The van der Waals surface area contributed by atoms with E-state index < -0.39 is 0 Å². The first-order valence-corrected chi connectivity index (χ1v) is 20.5. The minimum atomic E-state index is -0.134. The number of carbonyl (C=O) groups is 2. The fourth-order valence-electron chi connectivity index (χ4n) is 8.08. The van der Waals surface area contributed by atoms with Gasteiger partial charge in [0, 0.05) is 77.6 Å². The van der Waals surface area contributed by atoms with Crippen LogP contribution >= 0.6 is 0 Å². The highest BCUT2D eigenvalue weighted by Gasteiger charge is 2.32. The van der Waals surface area contributed by atoms with Gasteiger partial charge >= 0.3 is 0 Å². The summed E-state index contributed by atoms with van der Waals surface area (Å²) in [5.74, 6) is 1.65. The number of pyridine rings is 2. The molecule has 3 fully saturated rings. The van der Waals surface area contributed by atoms with E-state index in [2.05, 4.69) is 83.2 Å². The predicted octanol–water partition coefficient (Wildman–Crippen LogP) is 6.70. The number of H-pyrrole nitrogens is 2. The molecule has 0 aliphatic carbocycles. The topological polar surface area (TPSA) is 142 Å². The maximum absolute atomic E-state index is 12.6. The quantitative estimate of drug-likeness (QED) is 0.142. The number of fused-ring (bicyclic) bond motifs is 2. The molecule has 13 heteroatoms. The van der Waals surface area contributed by atoms with Gasteiger partial charge in [0.15, 0.2) is 5.78 Å². The van der Waals surface area contributed by atoms with Gasteiger partial charge in [0.05, 0.1) is 45.9 Å². The van der Waals surface area contributed by atoms with Gasteiger partial charge in [-0.05, 0) is 99.8 Å². The summed E-state index contributed by atoms with van der Waals surface area (Å²) in [4.78, 5) is 59.5. The molecule has 2 unspecified atom stereocenters. The van der Waals surface area contributed by atoms with Crippen molar-refractivity contribution in [1.29, 1.82) is 0 Å². The number of ketones is 2. The van der Waals surface area contributed by atoms with Crippen LogP contribution in [0.4, 0.5) is 11.4 Å². The third kappa shape index (κ3) is 9.71. The molecule has 0 bridgehead atoms. The van der Waals surface area contributed by atoms with E-state index >= 15 is 0 Å². The number of anilines is 2. The number of aromatic nitrogens is 6. The van der Waals surface area contributed by atoms with Crippen LogP contribution in [0.25, 0.3) is 34.2 Å². The van der Waals surface area contributed by atoms with Crippen molar-refractivity contribution in [3.63, 3.8) is 0 Å². The van der Waals surface area contributed by atoms with E-state index in [-0.39, 0.29) is 31.1 Å². The van der Waals surface area contributed by atoms with Gasteiger partial charge in [0.1, 0.15) is 28.5 Å². The zero-order chi connectivity index (χ0) is 40.9. The Morgan fingerprint density at radius 2 is 1.23 bits per heavy atom. The van der Waals surface area contributed by atoms with Crippen molar-refractivity contribution in [3.8, 4) is 0 Å². The van der Waals surface area contributed by atoms with E-state index in [1.165, 1.54) is 17.8 Å². The molecule has 0 saturated carbocycles. The fourth-order valence-corrected chi connectivity index (χ4v) is 8.08. The van der Waals surface area contributed by atoms with Crippen LogP contribution in [-0.2, 0) is 9.59 Å². The second-order valence-electron chi connectivity index (χ2n) is 15.9. The molecule has 3 aliphatic rings. The van der Waals surface area contributed by atoms with Crippen molar-refractivity contribution in [2.75, 3.05) is 76.3 Å². The number of aryl methyl sites for hydroxylation is 2. The molecule has 3 saturated heterocycles. The molecule has 60 heavy (non-hydrogen) atoms. The molecule has 9 rings (SSSR count). The van der Waals surface area contributed by atoms with Crippen LogP contribution in [0.2, 0.25) is 0 Å². The third-order valence-electron chi connectivity index (χ3n) is 11.5. The van der Waals surface area contributed by atoms with E-state index in [1.807, 2.05) is 50.2 Å². The Balaban J connectivity index is 0.000000179. The molecule has 6 aromatic rings. The second kappa shape index (κ2) is 18.9. The van der Waals surface area contributed by atoms with Gasteiger partial charge in [-0.25, -0.2) is 9.97 Å². The van der Waals surface area contributed by atoms with Crippen LogP contribution in [0.5, 0.6) is 0 Å². The number of carbonyl (C=O) groups excluding carboxylic acids is 2. The number of allylic oxidation sites excluding steroid dienone is 2. The molecule has 4 aromatic heterocycles. The summed E-state index contributed by atoms with van der Waals surface area (Å²) in [6.45, 7) is 12.2. The molecule has 7 heterocycles. The fraction of sp³-hybridized carbons (Fsp3) is 0.362. The summed E-state index contributed by atoms with van der Waals surface area (Å²) in [5, 5.41) is 3.63. The number of para-hydroxylation sites is 2. The average molecular weight is 808 g/mol. The zero-order valence-corrected chi connectivity index (χ0v) is 34.4. The largest absolute Gasteiger partial charge is 0.367 e. The van der Waals surface area contributed by atoms with Crippen molar-refractivity contribution in [2.45, 2.75) is 46.2 Å². The van der Waals surface area contributed by atoms with Gasteiger partial charge in [-0.3, -0.25) is 24.9 Å². The molecule has 0 radical (unpaired) electrons. The number of imidazole rings is 2. The second-order valence-corrected chi connectivity index (χ2v) is 15.9. The van der Waals surface area contributed by atoms with Crippen molar-refractivity contribution in [3.05, 3.63) is 119 Å². The molecule has 312 valence electrons. The molecular formula is C47H57N11O2. The van der Waals surface area contributed by atoms with Gasteiger partial charge in [-0.1, -0.05) is 31.7 Å². The maximum Gasteiger partial charge on any atom is 0.178 e. The van der Waals surface area contributed by atoms with Crippen molar-refractivity contribution >= 4 is 57.2 Å². The number of hydrogen-bond acceptors (Lipinski definition) is 11. The lowest BCUT2D eigenvalue weighted by molar-refractivity contribution is -0.121. The Labute approximate surface area is 352 Å². The summed E-state index contributed by atoms with van der Waals surface area (Å²) < 4.78 is 0. The van der Waals surface area contributed by atoms with E-state index in [0.717, 1.165) is 108 Å². The first-order chi connectivity index (χ1) is 28.7. The normalized spacial score (nSPS) is 19.2. The maximum atomic E-state index is 12.6. The number of nitrogens with zero attached hydrogens (tertiary/aromatic N) is 8. The van der Waals surface area contributed by atoms with Crippen LogP contribution in [0.15, 0.2) is 85.2 Å². The van der Waals surface area contributed by atoms with Crippen LogP contribution in [0, 0.1) is 13.8 Å². The molecular weight excluding hydrogens is 751 g/mol. The first kappa shape index (κ1) is 42.1. The number of likely N-dealkylation sites (N-methyl/N-ethyl adjacent to an activating group) is 2. The molecule has 3 N–H and O–H groups in total. The van der Waals surface area contributed by atoms with E-state index in [0.29, 0.717) is 18.7 Å². The summed E-state index contributed by atoms with van der Waals surface area (Å²) in [5.41, 5.74) is 10.1. The lowest BCUT2D eigenvalue weighted by atomic mass is 9.93. The lowest BCUT2D eigenvalue weighted by Gasteiger charge is -2.34. The van der Waals surface area contributed by atoms with Crippen LogP contribution < -0.4 is 15.1 Å². The summed E-state index contributed by atoms with van der Waals surface area (Å²) in [7, 11) is 4.31. The summed E-state index contributed by atoms with van der Waals surface area (Å²) in [6.07, 6.45) is 11.0. The van der Waals surface area contributed by atoms with Gasteiger partial charge < -0.3 is 29.6 Å². The predicted molar refractivity (Wildman–Crippen MR) is 242 cm³/mol. The van der Waals surface area contributed by atoms with E-state index in [9.17, 15) is 9.59 Å². The third-order valence-corrected chi connectivity index (χ3v) is 11.5. The number of piperazine rings is 2. The minimum Gasteiger partial charge on any atom is -0.367 e. The molecule has 2 atom stereocenters. The number of piperidine rings is 1.